The summed E-state index contributed by atoms with van der Waals surface area (Å²) in [5.41, 5.74) is 0.973. The van der Waals surface area contributed by atoms with Crippen molar-refractivity contribution in [1.29, 1.82) is 0 Å². The van der Waals surface area contributed by atoms with Crippen molar-refractivity contribution in [2.45, 2.75) is 44.9 Å². The summed E-state index contributed by atoms with van der Waals surface area (Å²) in [6, 6.07) is 6.88. The molecule has 1 aromatic carbocycles. The van der Waals surface area contributed by atoms with Gasteiger partial charge in [-0.25, -0.2) is 14.9 Å². The van der Waals surface area contributed by atoms with E-state index in [0.29, 0.717) is 5.75 Å². The number of carbonyl (C=O) groups excluding carboxylic acids is 2. The molecule has 0 fully saturated rings. The maximum atomic E-state index is 11.8. The van der Waals surface area contributed by atoms with Crippen molar-refractivity contribution < 1.29 is 33.6 Å². The minimum Gasteiger partial charge on any atom is -0.491 e. The third kappa shape index (κ3) is 5.53. The van der Waals surface area contributed by atoms with E-state index in [1.807, 2.05) is 19.1 Å². The quantitative estimate of drug-likeness (QED) is 0.654. The number of aliphatic hydroxyl groups excluding tert-OH is 1. The van der Waals surface area contributed by atoms with Crippen LogP contribution in [0.3, 0.4) is 0 Å². The van der Waals surface area contributed by atoms with Gasteiger partial charge in [0.05, 0.1) is 6.10 Å². The second-order valence-electron chi connectivity index (χ2n) is 6.42. The second kappa shape index (κ2) is 8.98. The molecule has 2 N–H and O–H groups in total. The molecule has 0 bridgehead atoms. The highest BCUT2D eigenvalue weighted by atomic mass is 16.8. The Labute approximate surface area is 158 Å². The molecule has 1 aliphatic rings. The molecule has 1 aromatic rings. The number of nitrogens with one attached hydrogen (secondary N) is 1. The van der Waals surface area contributed by atoms with Crippen molar-refractivity contribution in [2.24, 2.45) is 0 Å². The molecule has 8 nitrogen and oxygen atoms in total. The fraction of sp³-hybridized carbons (Fsp3) is 0.474. The van der Waals surface area contributed by atoms with Crippen LogP contribution in [0.25, 0.3) is 0 Å². The molecule has 0 spiro atoms. The lowest BCUT2D eigenvalue weighted by Crippen LogP contribution is -2.63. The Bertz CT molecular complexity index is 664. The molecule has 1 heterocycles. The molecule has 0 amide bonds. The maximum Gasteiger partial charge on any atom is 0.349 e. The van der Waals surface area contributed by atoms with Crippen molar-refractivity contribution >= 4 is 11.9 Å². The first-order valence-electron chi connectivity index (χ1n) is 8.61. The maximum absolute atomic E-state index is 11.8. The first-order valence-corrected chi connectivity index (χ1v) is 8.61. The lowest BCUT2D eigenvalue weighted by Gasteiger charge is -2.36. The van der Waals surface area contributed by atoms with E-state index < -0.39 is 24.0 Å². The highest BCUT2D eigenvalue weighted by Gasteiger charge is 2.48. The highest BCUT2D eigenvalue weighted by molar-refractivity contribution is 5.93. The van der Waals surface area contributed by atoms with Gasteiger partial charge in [0.25, 0.3) is 0 Å². The largest absolute Gasteiger partial charge is 0.491 e. The van der Waals surface area contributed by atoms with Gasteiger partial charge in [-0.3, -0.25) is 0 Å². The Hall–Kier alpha value is -2.42. The first kappa shape index (κ1) is 20.9. The van der Waals surface area contributed by atoms with Gasteiger partial charge in [-0.05, 0) is 38.5 Å². The fourth-order valence-electron chi connectivity index (χ4n) is 2.47. The minimum atomic E-state index is -2.05. The van der Waals surface area contributed by atoms with Crippen LogP contribution in [-0.2, 0) is 23.8 Å². The van der Waals surface area contributed by atoms with Gasteiger partial charge in [-0.15, -0.1) is 0 Å². The normalized spacial score (nSPS) is 18.4. The Morgan fingerprint density at radius 2 is 1.63 bits per heavy atom. The molecule has 8 heteroatoms. The van der Waals surface area contributed by atoms with E-state index in [1.165, 1.54) is 0 Å². The average molecular weight is 379 g/mol. The number of ether oxygens (including phenoxy) is 4. The summed E-state index contributed by atoms with van der Waals surface area (Å²) in [7, 11) is 1.62. The van der Waals surface area contributed by atoms with Crippen LogP contribution in [0.2, 0.25) is 0 Å². The summed E-state index contributed by atoms with van der Waals surface area (Å²) in [5, 5.41) is 13.4. The van der Waals surface area contributed by atoms with E-state index in [9.17, 15) is 14.7 Å². The smallest absolute Gasteiger partial charge is 0.349 e. The van der Waals surface area contributed by atoms with Gasteiger partial charge >= 0.3 is 17.8 Å². The van der Waals surface area contributed by atoms with Crippen molar-refractivity contribution in [1.82, 2.24) is 5.32 Å². The standard InChI is InChI=1S/C19H25NO7/c1-12(2)20-19(26-17(22)9-10-18(23)27-19)16(21)11-25-15-7-5-14(6-8-15)13(3)24-4/h5-10,12-13,16,20-21H,11H2,1-4H3. The molecule has 27 heavy (non-hydrogen) atoms. The summed E-state index contributed by atoms with van der Waals surface area (Å²) in [5.74, 6) is -3.18. The predicted octanol–water partition coefficient (Wildman–Crippen LogP) is 1.44. The number of carbonyl (C=O) groups is 2. The second-order valence-corrected chi connectivity index (χ2v) is 6.42. The van der Waals surface area contributed by atoms with Crippen molar-refractivity contribution in [3.8, 4) is 5.75 Å². The Balaban J connectivity index is 2.10. The summed E-state index contributed by atoms with van der Waals surface area (Å²) < 4.78 is 21.2. The topological polar surface area (TPSA) is 103 Å². The number of methoxy groups -OCH3 is 1. The molecule has 2 atom stereocenters. The SMILES string of the molecule is COC(C)c1ccc(OCC(O)C2(NC(C)C)OC(=O)C=CC(=O)O2)cc1. The van der Waals surface area contributed by atoms with Crippen molar-refractivity contribution in [3.05, 3.63) is 42.0 Å². The van der Waals surface area contributed by atoms with Crippen LogP contribution < -0.4 is 10.1 Å². The third-order valence-corrected chi connectivity index (χ3v) is 3.90. The molecular weight excluding hydrogens is 354 g/mol. The lowest BCUT2D eigenvalue weighted by atomic mass is 10.1. The van der Waals surface area contributed by atoms with Gasteiger partial charge < -0.3 is 24.1 Å². The molecule has 2 rings (SSSR count). The highest BCUT2D eigenvalue weighted by Crippen LogP contribution is 2.23. The fourth-order valence-corrected chi connectivity index (χ4v) is 2.47. The number of cyclic esters (lactones) is 2. The molecule has 0 aliphatic carbocycles. The van der Waals surface area contributed by atoms with Crippen LogP contribution in [0, 0.1) is 0 Å². The Morgan fingerprint density at radius 1 is 1.07 bits per heavy atom. The molecule has 0 saturated heterocycles. The van der Waals surface area contributed by atoms with Gasteiger partial charge in [0, 0.05) is 25.3 Å². The van der Waals surface area contributed by atoms with Crippen molar-refractivity contribution in [3.63, 3.8) is 0 Å². The molecule has 2 unspecified atom stereocenters. The number of hydrogen-bond acceptors (Lipinski definition) is 8. The van der Waals surface area contributed by atoms with Gasteiger partial charge in [0.1, 0.15) is 12.4 Å². The van der Waals surface area contributed by atoms with Crippen LogP contribution in [0.4, 0.5) is 0 Å². The zero-order valence-electron chi connectivity index (χ0n) is 15.8. The van der Waals surface area contributed by atoms with E-state index in [4.69, 9.17) is 18.9 Å². The van der Waals surface area contributed by atoms with Crippen LogP contribution in [0.15, 0.2) is 36.4 Å². The van der Waals surface area contributed by atoms with Gasteiger partial charge in [-0.1, -0.05) is 12.1 Å². The number of aliphatic hydroxyl groups is 1. The summed E-state index contributed by atoms with van der Waals surface area (Å²) >= 11 is 0. The van der Waals surface area contributed by atoms with Crippen LogP contribution in [0.1, 0.15) is 32.4 Å². The van der Waals surface area contributed by atoms with E-state index in [0.717, 1.165) is 17.7 Å². The predicted molar refractivity (Wildman–Crippen MR) is 95.7 cm³/mol. The summed E-state index contributed by atoms with van der Waals surface area (Å²) in [4.78, 5) is 23.6. The number of esters is 2. The zero-order valence-corrected chi connectivity index (χ0v) is 15.8. The van der Waals surface area contributed by atoms with Crippen LogP contribution >= 0.6 is 0 Å². The van der Waals surface area contributed by atoms with Crippen LogP contribution in [0.5, 0.6) is 5.75 Å². The molecule has 148 valence electrons. The lowest BCUT2D eigenvalue weighted by molar-refractivity contribution is -0.274. The molecule has 0 saturated carbocycles. The average Bonchev–Trinajstić information content (AvgIpc) is 2.77. The van der Waals surface area contributed by atoms with Gasteiger partial charge in [-0.2, -0.15) is 0 Å². The van der Waals surface area contributed by atoms with Gasteiger partial charge in [0.15, 0.2) is 6.10 Å². The third-order valence-electron chi connectivity index (χ3n) is 3.90. The van der Waals surface area contributed by atoms with Crippen LogP contribution in [-0.4, -0.2) is 48.8 Å². The van der Waals surface area contributed by atoms with E-state index >= 15 is 0 Å². The summed E-state index contributed by atoms with van der Waals surface area (Å²) in [6.45, 7) is 5.15. The monoisotopic (exact) mass is 379 g/mol. The number of rotatable bonds is 8. The van der Waals surface area contributed by atoms with E-state index in [2.05, 4.69) is 5.32 Å². The molecule has 1 aliphatic heterocycles. The Morgan fingerprint density at radius 3 is 2.11 bits per heavy atom. The van der Waals surface area contributed by atoms with E-state index in [1.54, 1.807) is 33.1 Å². The first-order chi connectivity index (χ1) is 12.8. The zero-order chi connectivity index (χ0) is 20.0. The number of benzene rings is 1. The summed E-state index contributed by atoms with van der Waals surface area (Å²) in [6.07, 6.45) is 0.357. The van der Waals surface area contributed by atoms with E-state index in [-0.39, 0.29) is 18.8 Å². The Kier molecular flexibility index (Phi) is 6.95. The minimum absolute atomic E-state index is 0.0551. The molecule has 0 aromatic heterocycles. The van der Waals surface area contributed by atoms with Crippen molar-refractivity contribution in [2.75, 3.05) is 13.7 Å². The molecule has 0 radical (unpaired) electrons. The van der Waals surface area contributed by atoms with Gasteiger partial charge in [0.2, 0.25) is 0 Å². The molecular formula is C19H25NO7. The number of hydrogen-bond donors (Lipinski definition) is 2.